The van der Waals surface area contributed by atoms with Crippen LogP contribution in [0.2, 0.25) is 0 Å². The first kappa shape index (κ1) is 13.9. The Balaban J connectivity index is 2.18. The quantitative estimate of drug-likeness (QED) is 0.473. The fourth-order valence-electron chi connectivity index (χ4n) is 2.11. The lowest BCUT2D eigenvalue weighted by Crippen LogP contribution is -2.37. The summed E-state index contributed by atoms with van der Waals surface area (Å²) in [6, 6.07) is 4.88. The minimum Gasteiger partial charge on any atom is -0.318 e. The summed E-state index contributed by atoms with van der Waals surface area (Å²) in [6.45, 7) is 2.04. The van der Waals surface area contributed by atoms with Gasteiger partial charge < -0.3 is 5.43 Å². The van der Waals surface area contributed by atoms with E-state index >= 15 is 0 Å². The van der Waals surface area contributed by atoms with Gasteiger partial charge in [-0.1, -0.05) is 12.1 Å². The van der Waals surface area contributed by atoms with E-state index < -0.39 is 15.7 Å². The molecule has 7 nitrogen and oxygen atoms in total. The molecule has 0 spiro atoms. The van der Waals surface area contributed by atoms with E-state index in [1.807, 2.05) is 6.07 Å². The summed E-state index contributed by atoms with van der Waals surface area (Å²) < 4.78 is 11.3. The highest BCUT2D eigenvalue weighted by Crippen LogP contribution is 2.28. The SMILES string of the molecule is NNc1c(CN2CCS(=O)CC2)cccc1[N+](=O)[O-]. The van der Waals surface area contributed by atoms with Crippen molar-refractivity contribution in [3.8, 4) is 0 Å². The number of nitrogen functional groups attached to an aromatic ring is 1. The minimum absolute atomic E-state index is 0.0272. The van der Waals surface area contributed by atoms with Crippen LogP contribution in [0.25, 0.3) is 0 Å². The van der Waals surface area contributed by atoms with Crippen LogP contribution in [0.15, 0.2) is 18.2 Å². The molecule has 0 aromatic heterocycles. The maximum absolute atomic E-state index is 11.3. The Labute approximate surface area is 113 Å². The Morgan fingerprint density at radius 3 is 2.68 bits per heavy atom. The molecule has 0 bridgehead atoms. The van der Waals surface area contributed by atoms with E-state index in [0.717, 1.165) is 18.7 Å². The molecule has 3 N–H and O–H groups in total. The number of nitro benzene ring substituents is 1. The number of hydrazine groups is 1. The number of nitro groups is 1. The zero-order valence-electron chi connectivity index (χ0n) is 10.4. The summed E-state index contributed by atoms with van der Waals surface area (Å²) in [5.74, 6) is 6.70. The second-order valence-corrected chi connectivity index (χ2v) is 6.03. The molecule has 1 aromatic rings. The summed E-state index contributed by atoms with van der Waals surface area (Å²) in [4.78, 5) is 12.6. The van der Waals surface area contributed by atoms with Gasteiger partial charge in [0.05, 0.1) is 4.92 Å². The first-order valence-corrected chi connectivity index (χ1v) is 7.41. The monoisotopic (exact) mass is 284 g/mol. The molecule has 0 atom stereocenters. The molecule has 1 saturated heterocycles. The second kappa shape index (κ2) is 6.09. The van der Waals surface area contributed by atoms with Crippen LogP contribution in [0.3, 0.4) is 0 Å². The lowest BCUT2D eigenvalue weighted by Gasteiger charge is -2.26. The topological polar surface area (TPSA) is 102 Å². The zero-order valence-corrected chi connectivity index (χ0v) is 11.2. The predicted molar refractivity (Wildman–Crippen MR) is 74.1 cm³/mol. The second-order valence-electron chi connectivity index (χ2n) is 4.34. The van der Waals surface area contributed by atoms with Gasteiger partial charge in [-0.3, -0.25) is 25.1 Å². The van der Waals surface area contributed by atoms with Crippen LogP contribution in [-0.4, -0.2) is 38.6 Å². The Hall–Kier alpha value is -1.51. The standard InChI is InChI=1S/C11H16N4O3S/c12-13-11-9(2-1-3-10(11)15(16)17)8-14-4-6-19(18)7-5-14/h1-3,13H,4-8,12H2. The van der Waals surface area contributed by atoms with E-state index in [4.69, 9.17) is 5.84 Å². The Bertz CT molecular complexity index is 499. The maximum Gasteiger partial charge on any atom is 0.293 e. The summed E-state index contributed by atoms with van der Waals surface area (Å²) in [7, 11) is -0.728. The number of nitrogens with two attached hydrogens (primary N) is 1. The van der Waals surface area contributed by atoms with Crippen LogP contribution < -0.4 is 11.3 Å². The summed E-state index contributed by atoms with van der Waals surface area (Å²) in [5, 5.41) is 10.9. The molecule has 0 unspecified atom stereocenters. The maximum atomic E-state index is 11.3. The zero-order chi connectivity index (χ0) is 13.8. The highest BCUT2D eigenvalue weighted by Gasteiger charge is 2.20. The first-order chi connectivity index (χ1) is 9.11. The number of hydrogen-bond acceptors (Lipinski definition) is 6. The van der Waals surface area contributed by atoms with Crippen LogP contribution >= 0.6 is 0 Å². The van der Waals surface area contributed by atoms with Crippen molar-refractivity contribution < 1.29 is 9.13 Å². The first-order valence-electron chi connectivity index (χ1n) is 5.92. The van der Waals surface area contributed by atoms with Gasteiger partial charge in [0, 0.05) is 48.0 Å². The molecule has 0 amide bonds. The molecular formula is C11H16N4O3S. The normalized spacial score (nSPS) is 17.3. The molecule has 0 aliphatic carbocycles. The summed E-state index contributed by atoms with van der Waals surface area (Å²) in [6.07, 6.45) is 0. The van der Waals surface area contributed by atoms with E-state index in [9.17, 15) is 14.3 Å². The highest BCUT2D eigenvalue weighted by molar-refractivity contribution is 7.85. The van der Waals surface area contributed by atoms with Crippen LogP contribution in [0.1, 0.15) is 5.56 Å². The average Bonchev–Trinajstić information content (AvgIpc) is 2.41. The van der Waals surface area contributed by atoms with Gasteiger partial charge in [0.25, 0.3) is 5.69 Å². The van der Waals surface area contributed by atoms with Crippen LogP contribution in [0, 0.1) is 10.1 Å². The number of anilines is 1. The molecule has 2 rings (SSSR count). The van der Waals surface area contributed by atoms with Crippen molar-refractivity contribution in [1.82, 2.24) is 4.90 Å². The average molecular weight is 284 g/mol. The van der Waals surface area contributed by atoms with E-state index in [1.54, 1.807) is 6.07 Å². The number of benzene rings is 1. The molecular weight excluding hydrogens is 268 g/mol. The lowest BCUT2D eigenvalue weighted by atomic mass is 10.1. The third kappa shape index (κ3) is 3.28. The number of nitrogens with zero attached hydrogens (tertiary/aromatic N) is 2. The van der Waals surface area contributed by atoms with Crippen LogP contribution in [-0.2, 0) is 17.3 Å². The Morgan fingerprint density at radius 1 is 1.42 bits per heavy atom. The van der Waals surface area contributed by atoms with Crippen molar-refractivity contribution in [3.05, 3.63) is 33.9 Å². The Morgan fingerprint density at radius 2 is 2.11 bits per heavy atom. The van der Waals surface area contributed by atoms with Gasteiger partial charge >= 0.3 is 0 Å². The van der Waals surface area contributed by atoms with Gasteiger partial charge in [-0.05, 0) is 5.56 Å². The number of nitrogens with one attached hydrogen (secondary N) is 1. The minimum atomic E-state index is -0.728. The van der Waals surface area contributed by atoms with E-state index in [0.29, 0.717) is 23.7 Å². The fraction of sp³-hybridized carbons (Fsp3) is 0.455. The van der Waals surface area contributed by atoms with Gasteiger partial charge in [-0.2, -0.15) is 0 Å². The van der Waals surface area contributed by atoms with Gasteiger partial charge in [-0.25, -0.2) is 0 Å². The molecule has 1 aliphatic rings. The molecule has 1 aliphatic heterocycles. The fourth-order valence-corrected chi connectivity index (χ4v) is 3.24. The van der Waals surface area contributed by atoms with E-state index in [2.05, 4.69) is 10.3 Å². The summed E-state index contributed by atoms with van der Waals surface area (Å²) in [5.41, 5.74) is 3.52. The number of para-hydroxylation sites is 1. The molecule has 1 heterocycles. The van der Waals surface area contributed by atoms with E-state index in [-0.39, 0.29) is 5.69 Å². The van der Waals surface area contributed by atoms with E-state index in [1.165, 1.54) is 6.07 Å². The van der Waals surface area contributed by atoms with Crippen molar-refractivity contribution in [2.24, 2.45) is 5.84 Å². The predicted octanol–water partition coefficient (Wildman–Crippen LogP) is 0.445. The van der Waals surface area contributed by atoms with Crippen molar-refractivity contribution >= 4 is 22.2 Å². The van der Waals surface area contributed by atoms with Gasteiger partial charge in [0.1, 0.15) is 5.69 Å². The van der Waals surface area contributed by atoms with Crippen molar-refractivity contribution in [2.45, 2.75) is 6.54 Å². The van der Waals surface area contributed by atoms with Crippen LogP contribution in [0.4, 0.5) is 11.4 Å². The molecule has 1 fully saturated rings. The molecule has 0 radical (unpaired) electrons. The number of hydrogen-bond donors (Lipinski definition) is 2. The summed E-state index contributed by atoms with van der Waals surface area (Å²) >= 11 is 0. The smallest absolute Gasteiger partial charge is 0.293 e. The highest BCUT2D eigenvalue weighted by atomic mass is 32.2. The Kier molecular flexibility index (Phi) is 4.46. The van der Waals surface area contributed by atoms with Crippen molar-refractivity contribution in [3.63, 3.8) is 0 Å². The molecule has 0 saturated carbocycles. The third-order valence-electron chi connectivity index (χ3n) is 3.13. The largest absolute Gasteiger partial charge is 0.318 e. The lowest BCUT2D eigenvalue weighted by molar-refractivity contribution is -0.384. The van der Waals surface area contributed by atoms with Crippen molar-refractivity contribution in [1.29, 1.82) is 0 Å². The molecule has 8 heteroatoms. The van der Waals surface area contributed by atoms with Gasteiger partial charge in [0.15, 0.2) is 0 Å². The molecule has 19 heavy (non-hydrogen) atoms. The van der Waals surface area contributed by atoms with Gasteiger partial charge in [0.2, 0.25) is 0 Å². The number of rotatable bonds is 4. The van der Waals surface area contributed by atoms with Gasteiger partial charge in [-0.15, -0.1) is 0 Å². The van der Waals surface area contributed by atoms with Crippen molar-refractivity contribution in [2.75, 3.05) is 30.0 Å². The van der Waals surface area contributed by atoms with Crippen LogP contribution in [0.5, 0.6) is 0 Å². The molecule has 1 aromatic carbocycles. The third-order valence-corrected chi connectivity index (χ3v) is 4.41. The molecule has 104 valence electrons.